The van der Waals surface area contributed by atoms with Gasteiger partial charge in [0.15, 0.2) is 9.84 Å². The third-order valence-corrected chi connectivity index (χ3v) is 6.50. The number of hydrogen-bond acceptors (Lipinski definition) is 5. The molecule has 1 heterocycles. The van der Waals surface area contributed by atoms with Crippen molar-refractivity contribution in [3.63, 3.8) is 0 Å². The predicted molar refractivity (Wildman–Crippen MR) is 77.9 cm³/mol. The summed E-state index contributed by atoms with van der Waals surface area (Å²) in [5, 5.41) is 1.69. The molecule has 0 aliphatic carbocycles. The molecule has 0 spiro atoms. The summed E-state index contributed by atoms with van der Waals surface area (Å²) < 4.78 is 49.1. The molecule has 0 fully saturated rings. The van der Waals surface area contributed by atoms with E-state index in [4.69, 9.17) is 0 Å². The molecule has 1 aromatic carbocycles. The molecule has 0 aliphatic heterocycles. The molecule has 20 heavy (non-hydrogen) atoms. The zero-order valence-electron chi connectivity index (χ0n) is 10.6. The highest BCUT2D eigenvalue weighted by Crippen LogP contribution is 2.16. The second-order valence-corrected chi connectivity index (χ2v) is 9.13. The Bertz CT molecular complexity index is 776. The molecule has 108 valence electrons. The number of thiophene rings is 1. The molecule has 8 heteroatoms. The molecule has 2 rings (SSSR count). The predicted octanol–water partition coefficient (Wildman–Crippen LogP) is 1.63. The van der Waals surface area contributed by atoms with Crippen LogP contribution in [0.3, 0.4) is 0 Å². The molecule has 0 radical (unpaired) electrons. The van der Waals surface area contributed by atoms with Crippen LogP contribution >= 0.6 is 11.3 Å². The van der Waals surface area contributed by atoms with E-state index in [0.717, 1.165) is 17.6 Å². The molecule has 0 saturated carbocycles. The van der Waals surface area contributed by atoms with Crippen molar-refractivity contribution in [1.29, 1.82) is 0 Å². The minimum atomic E-state index is -3.50. The lowest BCUT2D eigenvalue weighted by atomic mass is 10.2. The van der Waals surface area contributed by atoms with Crippen molar-refractivity contribution < 1.29 is 16.8 Å². The second-order valence-electron chi connectivity index (χ2n) is 4.17. The standard InChI is InChI=1S/C12H13NO4S3/c1-19(14,15)11-6-4-10(5-7-11)9-13-20(16,17)12-3-2-8-18-12/h2-8,13H,9H2,1H3. The molecule has 1 aromatic heterocycles. The summed E-state index contributed by atoms with van der Waals surface area (Å²) >= 11 is 1.14. The normalized spacial score (nSPS) is 12.4. The van der Waals surface area contributed by atoms with E-state index in [1.807, 2.05) is 0 Å². The molecule has 0 unspecified atom stereocenters. The van der Waals surface area contributed by atoms with Gasteiger partial charge >= 0.3 is 0 Å². The highest BCUT2D eigenvalue weighted by Gasteiger charge is 2.14. The topological polar surface area (TPSA) is 80.3 Å². The molecule has 2 aromatic rings. The van der Waals surface area contributed by atoms with E-state index in [2.05, 4.69) is 4.72 Å². The Morgan fingerprint density at radius 1 is 1.05 bits per heavy atom. The maximum atomic E-state index is 11.9. The van der Waals surface area contributed by atoms with Crippen molar-refractivity contribution in [3.8, 4) is 0 Å². The Morgan fingerprint density at radius 3 is 2.20 bits per heavy atom. The Morgan fingerprint density at radius 2 is 1.70 bits per heavy atom. The van der Waals surface area contributed by atoms with Crippen LogP contribution in [-0.4, -0.2) is 23.1 Å². The molecule has 5 nitrogen and oxygen atoms in total. The van der Waals surface area contributed by atoms with Crippen LogP contribution in [0.2, 0.25) is 0 Å². The first kappa shape index (κ1) is 15.2. The Hall–Kier alpha value is -1.22. The summed E-state index contributed by atoms with van der Waals surface area (Å²) in [7, 11) is -6.74. The average Bonchev–Trinajstić information content (AvgIpc) is 2.90. The fourth-order valence-corrected chi connectivity index (χ4v) is 4.21. The lowest BCUT2D eigenvalue weighted by Crippen LogP contribution is -2.22. The minimum Gasteiger partial charge on any atom is -0.224 e. The van der Waals surface area contributed by atoms with Crippen LogP contribution in [0.5, 0.6) is 0 Å². The molecule has 0 bridgehead atoms. The molecule has 0 atom stereocenters. The summed E-state index contributed by atoms with van der Waals surface area (Å²) in [5.41, 5.74) is 0.692. The second kappa shape index (κ2) is 5.65. The minimum absolute atomic E-state index is 0.115. The van der Waals surface area contributed by atoms with Crippen LogP contribution in [0.4, 0.5) is 0 Å². The molecule has 1 N–H and O–H groups in total. The lowest BCUT2D eigenvalue weighted by Gasteiger charge is -2.05. The summed E-state index contributed by atoms with van der Waals surface area (Å²) in [6.07, 6.45) is 1.13. The number of sulfone groups is 1. The van der Waals surface area contributed by atoms with Crippen molar-refractivity contribution in [2.45, 2.75) is 15.6 Å². The van der Waals surface area contributed by atoms with Crippen LogP contribution in [0.15, 0.2) is 50.9 Å². The van der Waals surface area contributed by atoms with E-state index in [9.17, 15) is 16.8 Å². The third kappa shape index (κ3) is 3.66. The first-order chi connectivity index (χ1) is 9.29. The van der Waals surface area contributed by atoms with Gasteiger partial charge in [-0.15, -0.1) is 11.3 Å². The van der Waals surface area contributed by atoms with Crippen molar-refractivity contribution in [3.05, 3.63) is 47.3 Å². The number of nitrogens with one attached hydrogen (secondary N) is 1. The van der Waals surface area contributed by atoms with Crippen LogP contribution in [-0.2, 0) is 26.4 Å². The van der Waals surface area contributed by atoms with Gasteiger partial charge in [0.1, 0.15) is 4.21 Å². The third-order valence-electron chi connectivity index (χ3n) is 2.58. The number of rotatable bonds is 5. The maximum Gasteiger partial charge on any atom is 0.250 e. The zero-order chi connectivity index (χ0) is 14.8. The van der Waals surface area contributed by atoms with Crippen LogP contribution in [0.25, 0.3) is 0 Å². The molecule has 0 amide bonds. The highest BCUT2D eigenvalue weighted by molar-refractivity contribution is 7.91. The number of sulfonamides is 1. The first-order valence-electron chi connectivity index (χ1n) is 5.61. The first-order valence-corrected chi connectivity index (χ1v) is 9.87. The SMILES string of the molecule is CS(=O)(=O)c1ccc(CNS(=O)(=O)c2cccs2)cc1. The van der Waals surface area contributed by atoms with E-state index < -0.39 is 19.9 Å². The smallest absolute Gasteiger partial charge is 0.224 e. The van der Waals surface area contributed by atoms with Crippen LogP contribution in [0, 0.1) is 0 Å². The Kier molecular flexibility index (Phi) is 4.28. The number of benzene rings is 1. The van der Waals surface area contributed by atoms with E-state index in [1.54, 1.807) is 23.6 Å². The van der Waals surface area contributed by atoms with Gasteiger partial charge in [-0.2, -0.15) is 0 Å². The Labute approximate surface area is 122 Å². The van der Waals surface area contributed by atoms with Gasteiger partial charge in [0.05, 0.1) is 4.90 Å². The van der Waals surface area contributed by atoms with Gasteiger partial charge in [0.25, 0.3) is 0 Å². The fourth-order valence-electron chi connectivity index (χ4n) is 1.52. The summed E-state index contributed by atoms with van der Waals surface area (Å²) in [6, 6.07) is 9.30. The summed E-state index contributed by atoms with van der Waals surface area (Å²) in [4.78, 5) is 0.211. The molecule has 0 saturated heterocycles. The van der Waals surface area contributed by atoms with Gasteiger partial charge in [-0.3, -0.25) is 0 Å². The van der Waals surface area contributed by atoms with Gasteiger partial charge in [-0.05, 0) is 29.1 Å². The summed E-state index contributed by atoms with van der Waals surface area (Å²) in [6.45, 7) is 0.115. The Balaban J connectivity index is 2.09. The lowest BCUT2D eigenvalue weighted by molar-refractivity contribution is 0.583. The van der Waals surface area contributed by atoms with Gasteiger partial charge in [-0.25, -0.2) is 21.6 Å². The van der Waals surface area contributed by atoms with Crippen LogP contribution in [0.1, 0.15) is 5.56 Å². The van der Waals surface area contributed by atoms with E-state index >= 15 is 0 Å². The maximum absolute atomic E-state index is 11.9. The van der Waals surface area contributed by atoms with Gasteiger partial charge in [0, 0.05) is 12.8 Å². The van der Waals surface area contributed by atoms with Gasteiger partial charge in [-0.1, -0.05) is 18.2 Å². The van der Waals surface area contributed by atoms with Crippen LogP contribution < -0.4 is 4.72 Å². The van der Waals surface area contributed by atoms with Crippen molar-refractivity contribution >= 4 is 31.2 Å². The van der Waals surface area contributed by atoms with E-state index in [1.165, 1.54) is 18.2 Å². The molecular formula is C12H13NO4S3. The average molecular weight is 331 g/mol. The number of hydrogen-bond donors (Lipinski definition) is 1. The summed E-state index contributed by atoms with van der Waals surface area (Å²) in [5.74, 6) is 0. The van der Waals surface area contributed by atoms with Crippen molar-refractivity contribution in [2.75, 3.05) is 6.26 Å². The van der Waals surface area contributed by atoms with E-state index in [-0.39, 0.29) is 15.6 Å². The monoisotopic (exact) mass is 331 g/mol. The van der Waals surface area contributed by atoms with Crippen molar-refractivity contribution in [2.24, 2.45) is 0 Å². The quantitative estimate of drug-likeness (QED) is 0.903. The van der Waals surface area contributed by atoms with Crippen molar-refractivity contribution in [1.82, 2.24) is 4.72 Å². The van der Waals surface area contributed by atoms with E-state index in [0.29, 0.717) is 5.56 Å². The highest BCUT2D eigenvalue weighted by atomic mass is 32.2. The fraction of sp³-hybridized carbons (Fsp3) is 0.167. The zero-order valence-corrected chi connectivity index (χ0v) is 13.1. The molecule has 0 aliphatic rings. The molecular weight excluding hydrogens is 318 g/mol. The van der Waals surface area contributed by atoms with Gasteiger partial charge < -0.3 is 0 Å². The van der Waals surface area contributed by atoms with Gasteiger partial charge in [0.2, 0.25) is 10.0 Å². The largest absolute Gasteiger partial charge is 0.250 e.